The van der Waals surface area contributed by atoms with Gasteiger partial charge in [-0.05, 0) is 41.4 Å². The predicted molar refractivity (Wildman–Crippen MR) is 74.2 cm³/mol. The first kappa shape index (κ1) is 12.2. The topological polar surface area (TPSA) is 38.9 Å². The average Bonchev–Trinajstić information content (AvgIpc) is 2.75. The van der Waals surface area contributed by atoms with Gasteiger partial charge in [-0.25, -0.2) is 4.98 Å². The summed E-state index contributed by atoms with van der Waals surface area (Å²) in [4.78, 5) is 5.65. The molecule has 1 unspecified atom stereocenters. The van der Waals surface area contributed by atoms with E-state index in [-0.39, 0.29) is 6.04 Å². The molecular weight excluding hydrogens is 304 g/mol. The molecule has 1 atom stereocenters. The second kappa shape index (κ2) is 4.96. The molecule has 0 aromatic carbocycles. The van der Waals surface area contributed by atoms with Crippen molar-refractivity contribution in [3.63, 3.8) is 0 Å². The van der Waals surface area contributed by atoms with Crippen molar-refractivity contribution in [2.24, 2.45) is 5.73 Å². The maximum absolute atomic E-state index is 6.17. The molecule has 0 amide bonds. The summed E-state index contributed by atoms with van der Waals surface area (Å²) in [7, 11) is 0. The lowest BCUT2D eigenvalue weighted by Gasteiger charge is -2.06. The van der Waals surface area contributed by atoms with Crippen molar-refractivity contribution in [3.8, 4) is 0 Å². The summed E-state index contributed by atoms with van der Waals surface area (Å²) in [6, 6.07) is 2.20. The fourth-order valence-corrected chi connectivity index (χ4v) is 3.69. The molecule has 0 saturated heterocycles. The second-order valence-corrected chi connectivity index (χ2v) is 7.24. The van der Waals surface area contributed by atoms with Gasteiger partial charge < -0.3 is 5.73 Å². The average molecular weight is 317 g/mol. The van der Waals surface area contributed by atoms with Gasteiger partial charge in [0.2, 0.25) is 0 Å². The Morgan fingerprint density at radius 1 is 1.50 bits per heavy atom. The van der Waals surface area contributed by atoms with Gasteiger partial charge in [-0.1, -0.05) is 0 Å². The molecule has 0 radical (unpaired) electrons. The Bertz CT molecular complexity index is 470. The van der Waals surface area contributed by atoms with E-state index in [1.165, 1.54) is 14.2 Å². The van der Waals surface area contributed by atoms with E-state index in [2.05, 4.69) is 39.3 Å². The van der Waals surface area contributed by atoms with Crippen molar-refractivity contribution >= 4 is 38.6 Å². The van der Waals surface area contributed by atoms with Gasteiger partial charge in [-0.15, -0.1) is 22.7 Å². The number of thiazole rings is 1. The number of aromatic nitrogens is 1. The molecule has 2 aromatic rings. The summed E-state index contributed by atoms with van der Waals surface area (Å²) in [5.41, 5.74) is 8.52. The first-order valence-electron chi connectivity index (χ1n) is 4.98. The number of nitrogens with zero attached hydrogens (tertiary/aromatic N) is 1. The Morgan fingerprint density at radius 2 is 2.25 bits per heavy atom. The highest BCUT2D eigenvalue weighted by molar-refractivity contribution is 9.11. The van der Waals surface area contributed by atoms with Crippen molar-refractivity contribution in [2.75, 3.05) is 0 Å². The molecule has 0 aliphatic rings. The summed E-state index contributed by atoms with van der Waals surface area (Å²) in [6.45, 7) is 4.11. The molecular formula is C11H13BrN2S2. The zero-order valence-corrected chi connectivity index (χ0v) is 12.4. The molecule has 0 fully saturated rings. The van der Waals surface area contributed by atoms with Crippen LogP contribution in [0.4, 0.5) is 0 Å². The van der Waals surface area contributed by atoms with E-state index < -0.39 is 0 Å². The van der Waals surface area contributed by atoms with Crippen LogP contribution in [0.25, 0.3) is 0 Å². The van der Waals surface area contributed by atoms with Gasteiger partial charge in [-0.3, -0.25) is 0 Å². The Morgan fingerprint density at radius 3 is 2.75 bits per heavy atom. The van der Waals surface area contributed by atoms with Crippen molar-refractivity contribution in [1.29, 1.82) is 0 Å². The number of halogens is 1. The minimum absolute atomic E-state index is 0.0523. The van der Waals surface area contributed by atoms with Gasteiger partial charge in [0, 0.05) is 22.7 Å². The quantitative estimate of drug-likeness (QED) is 0.934. The predicted octanol–water partition coefficient (Wildman–Crippen LogP) is 3.83. The lowest BCUT2D eigenvalue weighted by molar-refractivity contribution is 0.722. The van der Waals surface area contributed by atoms with Crippen molar-refractivity contribution in [2.45, 2.75) is 26.3 Å². The maximum Gasteiger partial charge on any atom is 0.0897 e. The van der Waals surface area contributed by atoms with Crippen LogP contribution < -0.4 is 5.73 Å². The Hall–Kier alpha value is -0.230. The third-order valence-electron chi connectivity index (χ3n) is 2.34. The number of thiophene rings is 1. The number of rotatable bonds is 3. The Kier molecular flexibility index (Phi) is 3.79. The van der Waals surface area contributed by atoms with Gasteiger partial charge in [0.25, 0.3) is 0 Å². The highest BCUT2D eigenvalue weighted by atomic mass is 79.9. The van der Waals surface area contributed by atoms with Crippen LogP contribution in [0.3, 0.4) is 0 Å². The second-order valence-electron chi connectivity index (χ2n) is 3.77. The normalized spacial score (nSPS) is 13.0. The van der Waals surface area contributed by atoms with Crippen LogP contribution in [0.1, 0.15) is 27.2 Å². The number of nitrogens with two attached hydrogens (primary N) is 1. The van der Waals surface area contributed by atoms with E-state index in [1.807, 2.05) is 6.92 Å². The molecule has 0 aliphatic carbocycles. The number of hydrogen-bond donors (Lipinski definition) is 1. The smallest absolute Gasteiger partial charge is 0.0897 e. The fraction of sp³-hybridized carbons (Fsp3) is 0.364. The highest BCUT2D eigenvalue weighted by Crippen LogP contribution is 2.31. The summed E-state index contributed by atoms with van der Waals surface area (Å²) < 4.78 is 1.17. The van der Waals surface area contributed by atoms with Crippen LogP contribution >= 0.6 is 38.6 Å². The van der Waals surface area contributed by atoms with Gasteiger partial charge in [0.05, 0.1) is 14.5 Å². The third kappa shape index (κ3) is 2.71. The molecule has 2 N–H and O–H groups in total. The molecule has 0 bridgehead atoms. The van der Waals surface area contributed by atoms with Crippen molar-refractivity contribution in [3.05, 3.63) is 36.4 Å². The first-order chi connectivity index (χ1) is 7.56. The number of hydrogen-bond acceptors (Lipinski definition) is 4. The van der Waals surface area contributed by atoms with Crippen LogP contribution in [0.2, 0.25) is 0 Å². The summed E-state index contributed by atoms with van der Waals surface area (Å²) in [5, 5.41) is 3.19. The molecule has 0 saturated carbocycles. The van der Waals surface area contributed by atoms with E-state index in [9.17, 15) is 0 Å². The highest BCUT2D eigenvalue weighted by Gasteiger charge is 2.13. The van der Waals surface area contributed by atoms with Crippen LogP contribution in [0, 0.1) is 13.8 Å². The lowest BCUT2D eigenvalue weighted by Crippen LogP contribution is -2.11. The standard InChI is InChI=1S/C11H13BrN2S2/c1-6-3-10(16-11(6)12)9(13)4-8-5-15-7(2)14-8/h3,5,9H,4,13H2,1-2H3. The molecule has 16 heavy (non-hydrogen) atoms. The molecule has 2 aromatic heterocycles. The van der Waals surface area contributed by atoms with Crippen molar-refractivity contribution < 1.29 is 0 Å². The minimum atomic E-state index is 0.0523. The van der Waals surface area contributed by atoms with Crippen LogP contribution in [0.5, 0.6) is 0 Å². The molecule has 2 nitrogen and oxygen atoms in total. The van der Waals surface area contributed by atoms with E-state index in [0.29, 0.717) is 0 Å². The molecule has 0 spiro atoms. The summed E-state index contributed by atoms with van der Waals surface area (Å²) >= 11 is 6.92. The van der Waals surface area contributed by atoms with E-state index >= 15 is 0 Å². The molecule has 2 rings (SSSR count). The van der Waals surface area contributed by atoms with E-state index in [4.69, 9.17) is 5.73 Å². The van der Waals surface area contributed by atoms with Crippen LogP contribution in [-0.4, -0.2) is 4.98 Å². The van der Waals surface area contributed by atoms with Gasteiger partial charge in [0.15, 0.2) is 0 Å². The van der Waals surface area contributed by atoms with E-state index in [0.717, 1.165) is 17.1 Å². The van der Waals surface area contributed by atoms with Gasteiger partial charge in [-0.2, -0.15) is 0 Å². The number of aryl methyl sites for hydroxylation is 2. The summed E-state index contributed by atoms with van der Waals surface area (Å²) in [6.07, 6.45) is 0.816. The van der Waals surface area contributed by atoms with Crippen LogP contribution in [-0.2, 0) is 6.42 Å². The third-order valence-corrected chi connectivity index (χ3v) is 5.43. The molecule has 86 valence electrons. The minimum Gasteiger partial charge on any atom is -0.323 e. The lowest BCUT2D eigenvalue weighted by atomic mass is 10.1. The SMILES string of the molecule is Cc1nc(CC(N)c2cc(C)c(Br)s2)cs1. The fourth-order valence-electron chi connectivity index (χ4n) is 1.49. The molecule has 0 aliphatic heterocycles. The largest absolute Gasteiger partial charge is 0.323 e. The van der Waals surface area contributed by atoms with Gasteiger partial charge in [0.1, 0.15) is 0 Å². The van der Waals surface area contributed by atoms with Gasteiger partial charge >= 0.3 is 0 Å². The zero-order valence-electron chi connectivity index (χ0n) is 9.16. The monoisotopic (exact) mass is 316 g/mol. The zero-order chi connectivity index (χ0) is 11.7. The summed E-state index contributed by atoms with van der Waals surface area (Å²) in [5.74, 6) is 0. The Labute approximate surface area is 112 Å². The maximum atomic E-state index is 6.17. The van der Waals surface area contributed by atoms with Crippen LogP contribution in [0.15, 0.2) is 15.2 Å². The molecule has 2 heterocycles. The first-order valence-corrected chi connectivity index (χ1v) is 7.47. The Balaban J connectivity index is 2.11. The van der Waals surface area contributed by atoms with Crippen molar-refractivity contribution in [1.82, 2.24) is 4.98 Å². The van der Waals surface area contributed by atoms with E-state index in [1.54, 1.807) is 22.7 Å². The molecule has 5 heteroatoms.